The zero-order valence-corrected chi connectivity index (χ0v) is 21.5. The van der Waals surface area contributed by atoms with Gasteiger partial charge in [0.25, 0.3) is 5.91 Å². The van der Waals surface area contributed by atoms with Crippen LogP contribution in [0.2, 0.25) is 0 Å². The van der Waals surface area contributed by atoms with Crippen molar-refractivity contribution in [3.05, 3.63) is 83.9 Å². The fourth-order valence-electron chi connectivity index (χ4n) is 4.80. The van der Waals surface area contributed by atoms with E-state index in [2.05, 4.69) is 4.90 Å². The molecule has 38 heavy (non-hydrogen) atoms. The van der Waals surface area contributed by atoms with E-state index in [-0.39, 0.29) is 11.9 Å². The third kappa shape index (κ3) is 6.36. The summed E-state index contributed by atoms with van der Waals surface area (Å²) in [6.45, 7) is 3.91. The molecule has 1 fully saturated rings. The molecule has 0 bridgehead atoms. The number of benzene rings is 3. The molecule has 0 spiro atoms. The molecule has 0 N–H and O–H groups in total. The van der Waals surface area contributed by atoms with Gasteiger partial charge in [0.2, 0.25) is 0 Å². The van der Waals surface area contributed by atoms with E-state index in [1.54, 1.807) is 31.3 Å². The van der Waals surface area contributed by atoms with Gasteiger partial charge < -0.3 is 14.5 Å². The quantitative estimate of drug-likeness (QED) is 0.318. The van der Waals surface area contributed by atoms with E-state index in [1.165, 1.54) is 17.0 Å². The van der Waals surface area contributed by atoms with E-state index in [4.69, 9.17) is 4.74 Å². The first kappa shape index (κ1) is 27.2. The lowest BCUT2D eigenvalue weighted by molar-refractivity contribution is -0.144. The minimum Gasteiger partial charge on any atom is -0.466 e. The van der Waals surface area contributed by atoms with Gasteiger partial charge in [-0.15, -0.1) is 0 Å². The van der Waals surface area contributed by atoms with E-state index in [0.717, 1.165) is 43.8 Å². The second-order valence-electron chi connectivity index (χ2n) is 9.44. The van der Waals surface area contributed by atoms with Crippen molar-refractivity contribution in [3.8, 4) is 11.1 Å². The fraction of sp³-hybridized carbons (Fsp3) is 0.333. The SMILES string of the molecule is CCOC(=O)CC1CCN(c2ccc(N(C)C(=O)c3ccccc3-c3ccc(C(F)(F)F)cc3)cc2)CC1. The number of amides is 1. The van der Waals surface area contributed by atoms with Gasteiger partial charge in [0.1, 0.15) is 0 Å². The predicted octanol–water partition coefficient (Wildman–Crippen LogP) is 6.82. The minimum absolute atomic E-state index is 0.136. The second kappa shape index (κ2) is 11.7. The predicted molar refractivity (Wildman–Crippen MR) is 142 cm³/mol. The summed E-state index contributed by atoms with van der Waals surface area (Å²) in [5.41, 5.74) is 2.54. The number of carbonyl (C=O) groups is 2. The Balaban J connectivity index is 1.43. The molecule has 3 aromatic carbocycles. The number of alkyl halides is 3. The first-order chi connectivity index (χ1) is 18.2. The van der Waals surface area contributed by atoms with Crippen LogP contribution in [0.1, 0.15) is 42.1 Å². The van der Waals surface area contributed by atoms with Crippen LogP contribution in [-0.2, 0) is 15.7 Å². The molecule has 200 valence electrons. The average molecular weight is 525 g/mol. The summed E-state index contributed by atoms with van der Waals surface area (Å²) in [6.07, 6.45) is -2.13. The van der Waals surface area contributed by atoms with Crippen molar-refractivity contribution in [2.45, 2.75) is 32.4 Å². The molecule has 0 unspecified atom stereocenters. The second-order valence-corrected chi connectivity index (χ2v) is 9.44. The molecule has 0 aliphatic carbocycles. The molecule has 3 aromatic rings. The number of anilines is 2. The lowest BCUT2D eigenvalue weighted by Gasteiger charge is -2.33. The van der Waals surface area contributed by atoms with Crippen molar-refractivity contribution in [2.75, 3.05) is 36.5 Å². The Labute approximate surface area is 220 Å². The molecule has 0 saturated carbocycles. The van der Waals surface area contributed by atoms with Gasteiger partial charge >= 0.3 is 12.1 Å². The molecule has 1 saturated heterocycles. The van der Waals surface area contributed by atoms with E-state index in [0.29, 0.717) is 41.3 Å². The van der Waals surface area contributed by atoms with Crippen molar-refractivity contribution < 1.29 is 27.5 Å². The molecule has 0 radical (unpaired) electrons. The van der Waals surface area contributed by atoms with E-state index < -0.39 is 11.7 Å². The summed E-state index contributed by atoms with van der Waals surface area (Å²) >= 11 is 0. The molecule has 1 amide bonds. The highest BCUT2D eigenvalue weighted by molar-refractivity contribution is 6.10. The lowest BCUT2D eigenvalue weighted by Crippen LogP contribution is -2.34. The average Bonchev–Trinajstić information content (AvgIpc) is 2.92. The minimum atomic E-state index is -4.42. The molecular formula is C30H31F3N2O3. The topological polar surface area (TPSA) is 49.9 Å². The molecule has 1 aliphatic rings. The zero-order valence-electron chi connectivity index (χ0n) is 21.5. The molecule has 4 rings (SSSR count). The summed E-state index contributed by atoms with van der Waals surface area (Å²) in [5, 5.41) is 0. The van der Waals surface area contributed by atoms with Crippen molar-refractivity contribution in [3.63, 3.8) is 0 Å². The third-order valence-electron chi connectivity index (χ3n) is 6.96. The lowest BCUT2D eigenvalue weighted by atomic mass is 9.93. The maximum Gasteiger partial charge on any atom is 0.416 e. The number of hydrogen-bond acceptors (Lipinski definition) is 4. The van der Waals surface area contributed by atoms with Crippen molar-refractivity contribution in [1.29, 1.82) is 0 Å². The highest BCUT2D eigenvalue weighted by atomic mass is 19.4. The Bertz CT molecular complexity index is 1250. The summed E-state index contributed by atoms with van der Waals surface area (Å²) in [6, 6.07) is 19.5. The van der Waals surface area contributed by atoms with Crippen LogP contribution >= 0.6 is 0 Å². The number of hydrogen-bond donors (Lipinski definition) is 0. The normalized spacial score (nSPS) is 14.3. The number of esters is 1. The van der Waals surface area contributed by atoms with Crippen LogP contribution in [0.25, 0.3) is 11.1 Å². The molecule has 1 aliphatic heterocycles. The number of halogens is 3. The molecule has 5 nitrogen and oxygen atoms in total. The Morgan fingerprint density at radius 3 is 2.18 bits per heavy atom. The molecule has 8 heteroatoms. The maximum absolute atomic E-state index is 13.4. The van der Waals surface area contributed by atoms with Gasteiger partial charge in [-0.2, -0.15) is 13.2 Å². The molecule has 1 heterocycles. The highest BCUT2D eigenvalue weighted by Crippen LogP contribution is 2.33. The Morgan fingerprint density at radius 1 is 0.947 bits per heavy atom. The van der Waals surface area contributed by atoms with Crippen LogP contribution in [0.15, 0.2) is 72.8 Å². The molecule has 0 aromatic heterocycles. The van der Waals surface area contributed by atoms with Crippen LogP contribution in [0.3, 0.4) is 0 Å². The van der Waals surface area contributed by atoms with Crippen LogP contribution in [0, 0.1) is 5.92 Å². The standard InChI is InChI=1S/C30H31F3N2O3/c1-3-38-28(36)20-21-16-18-35(19-17-21)25-14-12-24(13-15-25)34(2)29(37)27-7-5-4-6-26(27)22-8-10-23(11-9-22)30(31,32)33/h4-15,21H,3,16-20H2,1-2H3. The van der Waals surface area contributed by atoms with Crippen LogP contribution in [0.5, 0.6) is 0 Å². The first-order valence-electron chi connectivity index (χ1n) is 12.7. The number of rotatable bonds is 7. The molecule has 0 atom stereocenters. The Kier molecular flexibility index (Phi) is 8.39. The third-order valence-corrected chi connectivity index (χ3v) is 6.96. The van der Waals surface area contributed by atoms with Crippen molar-refractivity contribution >= 4 is 23.3 Å². The van der Waals surface area contributed by atoms with Gasteiger partial charge in [0, 0.05) is 43.5 Å². The zero-order chi connectivity index (χ0) is 27.3. The Morgan fingerprint density at radius 2 is 1.58 bits per heavy atom. The van der Waals surface area contributed by atoms with Gasteiger partial charge in [0.05, 0.1) is 12.2 Å². The summed E-state index contributed by atoms with van der Waals surface area (Å²) < 4.78 is 44.0. The smallest absolute Gasteiger partial charge is 0.416 e. The summed E-state index contributed by atoms with van der Waals surface area (Å²) in [7, 11) is 1.68. The van der Waals surface area contributed by atoms with E-state index >= 15 is 0 Å². The number of ether oxygens (including phenoxy) is 1. The highest BCUT2D eigenvalue weighted by Gasteiger charge is 2.30. The molecular weight excluding hydrogens is 493 g/mol. The first-order valence-corrected chi connectivity index (χ1v) is 12.7. The van der Waals surface area contributed by atoms with Gasteiger partial charge in [-0.3, -0.25) is 9.59 Å². The van der Waals surface area contributed by atoms with Crippen molar-refractivity contribution in [2.24, 2.45) is 5.92 Å². The largest absolute Gasteiger partial charge is 0.466 e. The van der Waals surface area contributed by atoms with Crippen LogP contribution < -0.4 is 9.80 Å². The van der Waals surface area contributed by atoms with E-state index in [1.807, 2.05) is 31.2 Å². The number of carbonyl (C=O) groups excluding carboxylic acids is 2. The monoisotopic (exact) mass is 524 g/mol. The summed E-state index contributed by atoms with van der Waals surface area (Å²) in [5.74, 6) is -0.0611. The summed E-state index contributed by atoms with van der Waals surface area (Å²) in [4.78, 5) is 29.0. The van der Waals surface area contributed by atoms with Gasteiger partial charge in [0.15, 0.2) is 0 Å². The maximum atomic E-state index is 13.4. The number of piperidine rings is 1. The Hall–Kier alpha value is -3.81. The van der Waals surface area contributed by atoms with Crippen LogP contribution in [0.4, 0.5) is 24.5 Å². The van der Waals surface area contributed by atoms with Gasteiger partial charge in [-0.05, 0) is 79.3 Å². The van der Waals surface area contributed by atoms with Crippen molar-refractivity contribution in [1.82, 2.24) is 0 Å². The fourth-order valence-corrected chi connectivity index (χ4v) is 4.80. The van der Waals surface area contributed by atoms with Gasteiger partial charge in [-0.1, -0.05) is 30.3 Å². The van der Waals surface area contributed by atoms with E-state index in [9.17, 15) is 22.8 Å². The van der Waals surface area contributed by atoms with Crippen LogP contribution in [-0.4, -0.2) is 38.6 Å². The number of nitrogens with zero attached hydrogens (tertiary/aromatic N) is 2. The van der Waals surface area contributed by atoms with Gasteiger partial charge in [-0.25, -0.2) is 0 Å².